The van der Waals surface area contributed by atoms with Crippen LogP contribution in [-0.2, 0) is 18.2 Å². The van der Waals surface area contributed by atoms with Gasteiger partial charge in [0.15, 0.2) is 0 Å². The Hall–Kier alpha value is -0.830. The molecular formula is C8H12N2O. The molecule has 0 aromatic carbocycles. The van der Waals surface area contributed by atoms with Crippen LogP contribution in [-0.4, -0.2) is 22.5 Å². The lowest BCUT2D eigenvalue weighted by atomic mass is 10.1. The summed E-state index contributed by atoms with van der Waals surface area (Å²) in [6, 6.07) is 0. The first-order valence-electron chi connectivity index (χ1n) is 3.86. The van der Waals surface area contributed by atoms with Gasteiger partial charge in [0.1, 0.15) is 0 Å². The minimum atomic E-state index is 0.470. The summed E-state index contributed by atoms with van der Waals surface area (Å²) in [6.07, 6.45) is 3.56. The van der Waals surface area contributed by atoms with Crippen molar-refractivity contribution in [1.82, 2.24) is 9.78 Å². The molecule has 11 heavy (non-hydrogen) atoms. The predicted molar refractivity (Wildman–Crippen MR) is 41.4 cm³/mol. The van der Waals surface area contributed by atoms with E-state index in [1.165, 1.54) is 5.56 Å². The molecule has 0 spiro atoms. The maximum atomic E-state index is 5.14. The summed E-state index contributed by atoms with van der Waals surface area (Å²) in [6.45, 7) is 2.96. The molecular weight excluding hydrogens is 140 g/mol. The standard InChI is InChI=1S/C8H12N2O/c1-6-7(3-8-5-11-8)4-10(2)9-6/h4,8H,3,5H2,1-2H3. The number of nitrogens with zero attached hydrogens (tertiary/aromatic N) is 2. The molecule has 0 aliphatic carbocycles. The quantitative estimate of drug-likeness (QED) is 0.583. The van der Waals surface area contributed by atoms with Crippen LogP contribution in [0.15, 0.2) is 6.20 Å². The Labute approximate surface area is 66.0 Å². The summed E-state index contributed by atoms with van der Waals surface area (Å²) >= 11 is 0. The van der Waals surface area contributed by atoms with Gasteiger partial charge < -0.3 is 4.74 Å². The second-order valence-corrected chi connectivity index (χ2v) is 3.07. The number of hydrogen-bond donors (Lipinski definition) is 0. The zero-order valence-electron chi connectivity index (χ0n) is 6.87. The summed E-state index contributed by atoms with van der Waals surface area (Å²) in [4.78, 5) is 0. The van der Waals surface area contributed by atoms with Gasteiger partial charge in [-0.1, -0.05) is 0 Å². The van der Waals surface area contributed by atoms with E-state index in [0.29, 0.717) is 6.10 Å². The SMILES string of the molecule is Cc1nn(C)cc1CC1CO1. The zero-order valence-corrected chi connectivity index (χ0v) is 6.87. The second kappa shape index (κ2) is 2.34. The molecule has 0 bridgehead atoms. The number of ether oxygens (including phenoxy) is 1. The van der Waals surface area contributed by atoms with Gasteiger partial charge in [-0.3, -0.25) is 4.68 Å². The third-order valence-corrected chi connectivity index (χ3v) is 1.97. The molecule has 0 N–H and O–H groups in total. The fourth-order valence-corrected chi connectivity index (χ4v) is 1.28. The molecule has 1 fully saturated rings. The monoisotopic (exact) mass is 152 g/mol. The molecule has 3 heteroatoms. The Morgan fingerprint density at radius 2 is 2.55 bits per heavy atom. The molecule has 1 aromatic heterocycles. The maximum absolute atomic E-state index is 5.14. The van der Waals surface area contributed by atoms with E-state index in [9.17, 15) is 0 Å². The number of aromatic nitrogens is 2. The van der Waals surface area contributed by atoms with Crippen molar-refractivity contribution >= 4 is 0 Å². The summed E-state index contributed by atoms with van der Waals surface area (Å²) in [7, 11) is 1.95. The highest BCUT2D eigenvalue weighted by atomic mass is 16.6. The van der Waals surface area contributed by atoms with Gasteiger partial charge in [0.05, 0.1) is 18.4 Å². The van der Waals surface area contributed by atoms with Gasteiger partial charge >= 0.3 is 0 Å². The van der Waals surface area contributed by atoms with Crippen molar-refractivity contribution in [3.05, 3.63) is 17.5 Å². The van der Waals surface area contributed by atoms with E-state index in [1.807, 2.05) is 18.7 Å². The molecule has 1 aliphatic heterocycles. The molecule has 0 amide bonds. The van der Waals surface area contributed by atoms with Gasteiger partial charge in [0.25, 0.3) is 0 Å². The number of epoxide rings is 1. The van der Waals surface area contributed by atoms with E-state index in [1.54, 1.807) is 0 Å². The Morgan fingerprint density at radius 1 is 1.82 bits per heavy atom. The Morgan fingerprint density at radius 3 is 3.00 bits per heavy atom. The van der Waals surface area contributed by atoms with Crippen molar-refractivity contribution in [1.29, 1.82) is 0 Å². The van der Waals surface area contributed by atoms with Crippen LogP contribution in [0.1, 0.15) is 11.3 Å². The lowest BCUT2D eigenvalue weighted by Crippen LogP contribution is -1.92. The molecule has 2 heterocycles. The van der Waals surface area contributed by atoms with Crippen LogP contribution in [0.5, 0.6) is 0 Å². The lowest BCUT2D eigenvalue weighted by Gasteiger charge is -1.90. The van der Waals surface area contributed by atoms with Gasteiger partial charge in [-0.15, -0.1) is 0 Å². The third kappa shape index (κ3) is 1.43. The van der Waals surface area contributed by atoms with Crippen molar-refractivity contribution in [3.8, 4) is 0 Å². The normalized spacial score (nSPS) is 22.2. The highest BCUT2D eigenvalue weighted by Crippen LogP contribution is 2.17. The summed E-state index contributed by atoms with van der Waals surface area (Å²) in [5.41, 5.74) is 2.44. The number of hydrogen-bond acceptors (Lipinski definition) is 2. The summed E-state index contributed by atoms with van der Waals surface area (Å²) in [5.74, 6) is 0. The first-order chi connectivity index (χ1) is 5.25. The van der Waals surface area contributed by atoms with Crippen molar-refractivity contribution in [2.24, 2.45) is 7.05 Å². The highest BCUT2D eigenvalue weighted by Gasteiger charge is 2.23. The van der Waals surface area contributed by atoms with Crippen LogP contribution < -0.4 is 0 Å². The second-order valence-electron chi connectivity index (χ2n) is 3.07. The molecule has 1 aliphatic rings. The van der Waals surface area contributed by atoms with E-state index in [0.717, 1.165) is 18.7 Å². The van der Waals surface area contributed by atoms with Crippen molar-refractivity contribution in [3.63, 3.8) is 0 Å². The van der Waals surface area contributed by atoms with Crippen LogP contribution >= 0.6 is 0 Å². The highest BCUT2D eigenvalue weighted by molar-refractivity contribution is 5.17. The van der Waals surface area contributed by atoms with E-state index in [-0.39, 0.29) is 0 Å². The average molecular weight is 152 g/mol. The van der Waals surface area contributed by atoms with E-state index < -0.39 is 0 Å². The zero-order chi connectivity index (χ0) is 7.84. The topological polar surface area (TPSA) is 30.4 Å². The largest absolute Gasteiger partial charge is 0.373 e. The fourth-order valence-electron chi connectivity index (χ4n) is 1.28. The van der Waals surface area contributed by atoms with Gasteiger partial charge in [-0.05, 0) is 12.5 Å². The summed E-state index contributed by atoms with van der Waals surface area (Å²) in [5, 5.41) is 4.25. The van der Waals surface area contributed by atoms with Crippen molar-refractivity contribution < 1.29 is 4.74 Å². The molecule has 1 saturated heterocycles. The first kappa shape index (κ1) is 6.85. The molecule has 2 rings (SSSR count). The van der Waals surface area contributed by atoms with E-state index in [2.05, 4.69) is 11.3 Å². The summed E-state index contributed by atoms with van der Waals surface area (Å²) < 4.78 is 6.99. The number of aryl methyl sites for hydroxylation is 2. The molecule has 60 valence electrons. The molecule has 1 unspecified atom stereocenters. The first-order valence-corrected chi connectivity index (χ1v) is 3.86. The van der Waals surface area contributed by atoms with Crippen molar-refractivity contribution in [2.45, 2.75) is 19.4 Å². The fraction of sp³-hybridized carbons (Fsp3) is 0.625. The lowest BCUT2D eigenvalue weighted by molar-refractivity contribution is 0.407. The number of rotatable bonds is 2. The Bertz CT molecular complexity index is 263. The van der Waals surface area contributed by atoms with Gasteiger partial charge in [0, 0.05) is 19.7 Å². The van der Waals surface area contributed by atoms with Crippen LogP contribution in [0.4, 0.5) is 0 Å². The van der Waals surface area contributed by atoms with Crippen LogP contribution in [0.3, 0.4) is 0 Å². The van der Waals surface area contributed by atoms with Crippen LogP contribution in [0, 0.1) is 6.92 Å². The molecule has 1 atom stereocenters. The minimum Gasteiger partial charge on any atom is -0.373 e. The molecule has 3 nitrogen and oxygen atoms in total. The van der Waals surface area contributed by atoms with Crippen molar-refractivity contribution in [2.75, 3.05) is 6.61 Å². The molecule has 0 radical (unpaired) electrons. The van der Waals surface area contributed by atoms with E-state index >= 15 is 0 Å². The van der Waals surface area contributed by atoms with E-state index in [4.69, 9.17) is 4.74 Å². The maximum Gasteiger partial charge on any atom is 0.0851 e. The van der Waals surface area contributed by atoms with Gasteiger partial charge in [-0.25, -0.2) is 0 Å². The minimum absolute atomic E-state index is 0.470. The smallest absolute Gasteiger partial charge is 0.0851 e. The molecule has 1 aromatic rings. The van der Waals surface area contributed by atoms with Gasteiger partial charge in [0.2, 0.25) is 0 Å². The van der Waals surface area contributed by atoms with Crippen LogP contribution in [0.25, 0.3) is 0 Å². The Kier molecular flexibility index (Phi) is 1.46. The van der Waals surface area contributed by atoms with Gasteiger partial charge in [-0.2, -0.15) is 5.10 Å². The predicted octanol–water partition coefficient (Wildman–Crippen LogP) is 0.670. The third-order valence-electron chi connectivity index (χ3n) is 1.97. The van der Waals surface area contributed by atoms with Crippen LogP contribution in [0.2, 0.25) is 0 Å². The molecule has 0 saturated carbocycles. The average Bonchev–Trinajstić information content (AvgIpc) is 2.64. The Balaban J connectivity index is 2.14.